The molecule has 1 aromatic heterocycles. The third-order valence-corrected chi connectivity index (χ3v) is 14.6. The van der Waals surface area contributed by atoms with E-state index >= 15 is 0 Å². The molecule has 4 atom stereocenters. The number of aryl methyl sites for hydroxylation is 1. The lowest BCUT2D eigenvalue weighted by Crippen LogP contribution is -2.57. The molecule has 3 aromatic carbocycles. The van der Waals surface area contributed by atoms with Gasteiger partial charge in [0.1, 0.15) is 23.7 Å². The summed E-state index contributed by atoms with van der Waals surface area (Å²) in [5.74, 6) is -0.334. The Morgan fingerprint density at radius 3 is 2.47 bits per heavy atom. The van der Waals surface area contributed by atoms with Crippen LogP contribution in [0, 0.1) is 18.3 Å². The molecule has 73 heavy (non-hydrogen) atoms. The fourth-order valence-electron chi connectivity index (χ4n) is 9.56. The second-order valence-electron chi connectivity index (χ2n) is 19.9. The van der Waals surface area contributed by atoms with Crippen LogP contribution in [-0.2, 0) is 30.5 Å². The van der Waals surface area contributed by atoms with Crippen LogP contribution in [0.2, 0.25) is 0 Å². The summed E-state index contributed by atoms with van der Waals surface area (Å²) in [6.45, 7) is 17.5. The second-order valence-corrected chi connectivity index (χ2v) is 20.7. The van der Waals surface area contributed by atoms with Gasteiger partial charge in [0.15, 0.2) is 0 Å². The molecule has 5 N–H and O–H groups in total. The summed E-state index contributed by atoms with van der Waals surface area (Å²) in [5.41, 5.74) is 7.67. The SMILES string of the molecule is C=CC(=O)Nc1cccc(N2C(=O)C=C(C)C3CN=C(Nc4ccc(N5CCN(CCCC(=O)NC(C(=O)N6CC(O)CC6C(=O)NCc6ccc(-c7scnc7C)cc6)C(C)(C)C)CC5)cc4OC)N=C32)c1. The number of benzene rings is 3. The number of fused-ring (bicyclic) bond motifs is 1. The number of carbonyl (C=O) groups excluding carboxylic acids is 5. The molecule has 2 fully saturated rings. The molecule has 0 bridgehead atoms. The summed E-state index contributed by atoms with van der Waals surface area (Å²) in [5, 5.41) is 22.7. The molecular formula is C54H65N11O7S. The molecule has 5 heterocycles. The number of aliphatic hydroxyl groups is 1. The predicted octanol–water partition coefficient (Wildman–Crippen LogP) is 5.75. The molecule has 19 heteroatoms. The maximum absolute atomic E-state index is 14.2. The summed E-state index contributed by atoms with van der Waals surface area (Å²) in [7, 11) is 1.61. The van der Waals surface area contributed by atoms with E-state index in [2.05, 4.69) is 42.6 Å². The number of amides is 5. The average Bonchev–Trinajstić information content (AvgIpc) is 3.99. The van der Waals surface area contributed by atoms with Crippen LogP contribution in [0.25, 0.3) is 10.4 Å². The highest BCUT2D eigenvalue weighted by Crippen LogP contribution is 2.34. The molecule has 0 aliphatic carbocycles. The van der Waals surface area contributed by atoms with E-state index in [0.717, 1.165) is 59.1 Å². The van der Waals surface area contributed by atoms with E-state index in [4.69, 9.17) is 14.7 Å². The lowest BCUT2D eigenvalue weighted by molar-refractivity contribution is -0.144. The molecule has 5 amide bonds. The van der Waals surface area contributed by atoms with Gasteiger partial charge in [-0.2, -0.15) is 4.99 Å². The summed E-state index contributed by atoms with van der Waals surface area (Å²) >= 11 is 1.58. The van der Waals surface area contributed by atoms with Gasteiger partial charge in [0.25, 0.3) is 5.91 Å². The molecule has 0 radical (unpaired) electrons. The molecule has 4 aliphatic heterocycles. The standard InChI is InChI=1S/C54H65N11O7S/c1-8-45(67)58-37-11-9-12-39(26-37)65-47(69)25-33(2)41-30-56-53(61-50(41)65)59-42-19-18-38(27-44(42)72-7)63-23-21-62(22-24-63)20-10-13-46(68)60-49(54(4,5)6)52(71)64-31-40(66)28-43(64)51(70)55-29-35-14-16-36(17-15-35)48-34(3)57-32-73-48/h8-9,11-12,14-19,25-27,32,40-41,43,49,66H,1,10,13,20-24,28-31H2,2-7H3,(H,55,70)(H,56,59)(H,58,67)(H,60,68). The Bertz CT molecular complexity index is 2830. The second kappa shape index (κ2) is 22.7. The fourth-order valence-corrected chi connectivity index (χ4v) is 10.4. The first-order valence-electron chi connectivity index (χ1n) is 24.7. The number of aromatic nitrogens is 1. The maximum atomic E-state index is 14.2. The normalized spacial score (nSPS) is 19.5. The first-order valence-corrected chi connectivity index (χ1v) is 25.5. The number of methoxy groups -OCH3 is 1. The van der Waals surface area contributed by atoms with Gasteiger partial charge in [-0.3, -0.25) is 33.8 Å². The van der Waals surface area contributed by atoms with Gasteiger partial charge in [-0.15, -0.1) is 11.3 Å². The van der Waals surface area contributed by atoms with Gasteiger partial charge in [-0.1, -0.05) is 63.3 Å². The number of carbonyl (C=O) groups is 5. The van der Waals surface area contributed by atoms with Crippen LogP contribution in [0.3, 0.4) is 0 Å². The number of β-amino-alcohol motifs (C(OH)–C–C–N with tert-alkyl or cyclic N) is 1. The van der Waals surface area contributed by atoms with E-state index in [9.17, 15) is 29.1 Å². The molecule has 4 unspecified atom stereocenters. The smallest absolute Gasteiger partial charge is 0.256 e. The molecule has 0 spiro atoms. The number of ether oxygens (including phenoxy) is 1. The van der Waals surface area contributed by atoms with E-state index in [0.29, 0.717) is 54.1 Å². The monoisotopic (exact) mass is 1010 g/mol. The molecule has 4 aliphatic rings. The Hall–Kier alpha value is -7.22. The molecule has 384 valence electrons. The number of aliphatic imine (C=N–C) groups is 2. The zero-order chi connectivity index (χ0) is 52.0. The molecule has 0 saturated carbocycles. The van der Waals surface area contributed by atoms with Crippen molar-refractivity contribution in [3.63, 3.8) is 0 Å². The van der Waals surface area contributed by atoms with Crippen LogP contribution in [0.15, 0.2) is 107 Å². The Morgan fingerprint density at radius 1 is 1.00 bits per heavy atom. The van der Waals surface area contributed by atoms with Crippen molar-refractivity contribution in [2.75, 3.05) is 73.4 Å². The largest absolute Gasteiger partial charge is 0.494 e. The number of piperazine rings is 1. The van der Waals surface area contributed by atoms with Crippen LogP contribution in [0.4, 0.5) is 22.7 Å². The van der Waals surface area contributed by atoms with Crippen molar-refractivity contribution in [1.29, 1.82) is 0 Å². The van der Waals surface area contributed by atoms with Crippen molar-refractivity contribution in [2.24, 2.45) is 21.3 Å². The third-order valence-electron chi connectivity index (χ3n) is 13.6. The van der Waals surface area contributed by atoms with Gasteiger partial charge in [-0.05, 0) is 79.8 Å². The number of aliphatic hydroxyl groups excluding tert-OH is 1. The zero-order valence-corrected chi connectivity index (χ0v) is 43.1. The van der Waals surface area contributed by atoms with Gasteiger partial charge >= 0.3 is 0 Å². The number of nitrogens with one attached hydrogen (secondary N) is 4. The van der Waals surface area contributed by atoms with Crippen molar-refractivity contribution in [1.82, 2.24) is 25.4 Å². The quantitative estimate of drug-likeness (QED) is 0.0853. The zero-order valence-electron chi connectivity index (χ0n) is 42.3. The Kier molecular flexibility index (Phi) is 16.2. The van der Waals surface area contributed by atoms with E-state index in [1.54, 1.807) is 53.7 Å². The summed E-state index contributed by atoms with van der Waals surface area (Å²) < 4.78 is 5.84. The summed E-state index contributed by atoms with van der Waals surface area (Å²) in [6.07, 6.45) is 2.86. The Balaban J connectivity index is 0.813. The van der Waals surface area contributed by atoms with Crippen molar-refractivity contribution < 1.29 is 33.8 Å². The van der Waals surface area contributed by atoms with Crippen LogP contribution >= 0.6 is 11.3 Å². The van der Waals surface area contributed by atoms with Crippen LogP contribution in [-0.4, -0.2) is 132 Å². The number of anilines is 4. The number of hydrogen-bond acceptors (Lipinski definition) is 14. The van der Waals surface area contributed by atoms with Crippen molar-refractivity contribution in [3.05, 3.63) is 108 Å². The highest BCUT2D eigenvalue weighted by Gasteiger charge is 2.44. The van der Waals surface area contributed by atoms with E-state index in [1.165, 1.54) is 11.0 Å². The fraction of sp³-hybridized carbons (Fsp3) is 0.407. The van der Waals surface area contributed by atoms with Gasteiger partial charge in [0.2, 0.25) is 29.6 Å². The minimum absolute atomic E-state index is 0.00776. The van der Waals surface area contributed by atoms with Gasteiger partial charge in [0.05, 0.1) is 53.1 Å². The number of guanidine groups is 1. The van der Waals surface area contributed by atoms with Gasteiger partial charge < -0.3 is 40.9 Å². The van der Waals surface area contributed by atoms with Crippen molar-refractivity contribution in [2.45, 2.75) is 78.6 Å². The Labute approximate surface area is 430 Å². The minimum Gasteiger partial charge on any atom is -0.494 e. The van der Waals surface area contributed by atoms with Crippen LogP contribution in [0.5, 0.6) is 5.75 Å². The number of likely N-dealkylation sites (tertiary alicyclic amines) is 1. The Morgan fingerprint density at radius 2 is 1.77 bits per heavy atom. The molecule has 18 nitrogen and oxygen atoms in total. The first kappa shape index (κ1) is 52.1. The van der Waals surface area contributed by atoms with Crippen molar-refractivity contribution >= 4 is 75.4 Å². The highest BCUT2D eigenvalue weighted by atomic mass is 32.1. The number of thiazole rings is 1. The van der Waals surface area contributed by atoms with Crippen LogP contribution < -0.4 is 35.8 Å². The number of amidine groups is 1. The third kappa shape index (κ3) is 12.4. The van der Waals surface area contributed by atoms with E-state index < -0.39 is 23.6 Å². The average molecular weight is 1010 g/mol. The molecule has 2 saturated heterocycles. The first-order chi connectivity index (χ1) is 35.0. The lowest BCUT2D eigenvalue weighted by atomic mass is 9.85. The maximum Gasteiger partial charge on any atom is 0.256 e. The summed E-state index contributed by atoms with van der Waals surface area (Å²) in [6, 6.07) is 19.1. The van der Waals surface area contributed by atoms with E-state index in [-0.39, 0.29) is 61.4 Å². The lowest BCUT2D eigenvalue weighted by Gasteiger charge is -2.36. The topological polar surface area (TPSA) is 213 Å². The van der Waals surface area contributed by atoms with Gasteiger partial charge in [0, 0.05) is 75.6 Å². The van der Waals surface area contributed by atoms with Crippen LogP contribution in [0.1, 0.15) is 58.2 Å². The highest BCUT2D eigenvalue weighted by molar-refractivity contribution is 7.13. The molecule has 4 aromatic rings. The summed E-state index contributed by atoms with van der Waals surface area (Å²) in [4.78, 5) is 89.3. The predicted molar refractivity (Wildman–Crippen MR) is 286 cm³/mol. The molecule has 8 rings (SSSR count). The van der Waals surface area contributed by atoms with Crippen molar-refractivity contribution in [3.8, 4) is 16.2 Å². The van der Waals surface area contributed by atoms with E-state index in [1.807, 2.05) is 82.6 Å². The number of nitrogens with zero attached hydrogens (tertiary/aromatic N) is 7. The van der Waals surface area contributed by atoms with Gasteiger partial charge in [-0.25, -0.2) is 9.98 Å². The number of hydrogen-bond donors (Lipinski definition) is 5. The number of rotatable bonds is 16. The minimum atomic E-state index is -0.898. The molecular weight excluding hydrogens is 947 g/mol.